The number of ether oxygens (including phenoxy) is 1. The monoisotopic (exact) mass is 344 g/mol. The third-order valence-electron chi connectivity index (χ3n) is 2.94. The van der Waals surface area contributed by atoms with Crippen molar-refractivity contribution in [2.75, 3.05) is 0 Å². The maximum absolute atomic E-state index is 11.2. The molecular weight excluding hydrogens is 332 g/mol. The van der Waals surface area contributed by atoms with E-state index in [-0.39, 0.29) is 17.7 Å². The zero-order chi connectivity index (χ0) is 17.7. The molecule has 0 aliphatic heterocycles. The number of aromatic carboxylic acids is 1. The third-order valence-corrected chi connectivity index (χ3v) is 4.05. The standard InChI is InChI=1S/C17H14O6S/c1-10(18)23-13-7-6-11(9-16(19)20)8-15(13)24-14-5-3-2-4-12(14)17(21)22/h2-8H,9H2,1H3,(H,19,20)(H,21,22)/p-2. The van der Waals surface area contributed by atoms with Crippen molar-refractivity contribution < 1.29 is 29.3 Å². The number of rotatable bonds is 6. The molecule has 0 atom stereocenters. The first-order valence-electron chi connectivity index (χ1n) is 6.86. The summed E-state index contributed by atoms with van der Waals surface area (Å²) in [6, 6.07) is 10.7. The zero-order valence-electron chi connectivity index (χ0n) is 12.6. The highest BCUT2D eigenvalue weighted by Gasteiger charge is 2.12. The molecule has 2 rings (SSSR count). The third kappa shape index (κ3) is 4.60. The zero-order valence-corrected chi connectivity index (χ0v) is 13.4. The Bertz CT molecular complexity index is 799. The Balaban J connectivity index is 2.44. The Labute approximate surface area is 142 Å². The number of carbonyl (C=O) groups excluding carboxylic acids is 3. The van der Waals surface area contributed by atoms with Gasteiger partial charge in [0, 0.05) is 29.8 Å². The molecule has 2 aromatic carbocycles. The molecule has 0 saturated heterocycles. The molecule has 0 spiro atoms. The van der Waals surface area contributed by atoms with Crippen LogP contribution in [-0.2, 0) is 16.0 Å². The van der Waals surface area contributed by atoms with Crippen molar-refractivity contribution in [1.82, 2.24) is 0 Å². The maximum Gasteiger partial charge on any atom is 0.308 e. The van der Waals surface area contributed by atoms with E-state index in [0.717, 1.165) is 11.8 Å². The highest BCUT2D eigenvalue weighted by atomic mass is 32.2. The number of esters is 1. The summed E-state index contributed by atoms with van der Waals surface area (Å²) in [6.07, 6.45) is -0.309. The second-order valence-electron chi connectivity index (χ2n) is 4.81. The van der Waals surface area contributed by atoms with Gasteiger partial charge >= 0.3 is 5.97 Å². The minimum atomic E-state index is -1.34. The van der Waals surface area contributed by atoms with Crippen LogP contribution in [0, 0.1) is 0 Å². The van der Waals surface area contributed by atoms with Gasteiger partial charge in [0.1, 0.15) is 5.75 Å². The molecule has 0 fully saturated rings. The molecular formula is C17H12O6S-2. The minimum absolute atomic E-state index is 0.0124. The molecule has 0 unspecified atom stereocenters. The molecule has 0 radical (unpaired) electrons. The predicted octanol–water partition coefficient (Wildman–Crippen LogP) is 0.419. The lowest BCUT2D eigenvalue weighted by Crippen LogP contribution is -2.24. The molecule has 0 heterocycles. The highest BCUT2D eigenvalue weighted by Crippen LogP contribution is 2.37. The van der Waals surface area contributed by atoms with Gasteiger partial charge in [0.05, 0.1) is 10.9 Å². The van der Waals surface area contributed by atoms with Crippen molar-refractivity contribution in [3.8, 4) is 5.75 Å². The van der Waals surface area contributed by atoms with Crippen LogP contribution in [0.5, 0.6) is 5.75 Å². The molecule has 6 nitrogen and oxygen atoms in total. The summed E-state index contributed by atoms with van der Waals surface area (Å²) in [5.74, 6) is -2.92. The molecule has 0 amide bonds. The summed E-state index contributed by atoms with van der Waals surface area (Å²) in [6.45, 7) is 1.23. The van der Waals surface area contributed by atoms with Gasteiger partial charge in [-0.2, -0.15) is 0 Å². The van der Waals surface area contributed by atoms with E-state index in [0.29, 0.717) is 15.4 Å². The number of carbonyl (C=O) groups is 3. The fraction of sp³-hybridized carbons (Fsp3) is 0.118. The highest BCUT2D eigenvalue weighted by molar-refractivity contribution is 7.99. The van der Waals surface area contributed by atoms with E-state index in [1.807, 2.05) is 0 Å². The largest absolute Gasteiger partial charge is 0.550 e. The number of carboxylic acids is 2. The minimum Gasteiger partial charge on any atom is -0.550 e. The lowest BCUT2D eigenvalue weighted by Gasteiger charge is -2.14. The van der Waals surface area contributed by atoms with Crippen LogP contribution in [-0.4, -0.2) is 17.9 Å². The van der Waals surface area contributed by atoms with E-state index in [1.165, 1.54) is 31.2 Å². The first-order chi connectivity index (χ1) is 11.4. The Morgan fingerprint density at radius 2 is 1.75 bits per heavy atom. The quantitative estimate of drug-likeness (QED) is 0.552. The van der Waals surface area contributed by atoms with Crippen molar-refractivity contribution in [2.45, 2.75) is 23.1 Å². The molecule has 24 heavy (non-hydrogen) atoms. The summed E-state index contributed by atoms with van der Waals surface area (Å²) in [5.41, 5.74) is 0.431. The maximum atomic E-state index is 11.2. The van der Waals surface area contributed by atoms with Gasteiger partial charge in [-0.25, -0.2) is 0 Å². The van der Waals surface area contributed by atoms with Crippen molar-refractivity contribution >= 4 is 29.7 Å². The molecule has 7 heteroatoms. The molecule has 2 aromatic rings. The smallest absolute Gasteiger partial charge is 0.308 e. The van der Waals surface area contributed by atoms with Crippen LogP contribution in [0.1, 0.15) is 22.8 Å². The number of benzene rings is 2. The van der Waals surface area contributed by atoms with Crippen LogP contribution in [0.4, 0.5) is 0 Å². The van der Waals surface area contributed by atoms with Gasteiger partial charge in [-0.05, 0) is 23.8 Å². The summed E-state index contributed by atoms with van der Waals surface area (Å²) in [5, 5.41) is 21.9. The van der Waals surface area contributed by atoms with Gasteiger partial charge in [0.25, 0.3) is 0 Å². The van der Waals surface area contributed by atoms with Crippen LogP contribution < -0.4 is 14.9 Å². The summed E-state index contributed by atoms with van der Waals surface area (Å²) < 4.78 is 5.09. The van der Waals surface area contributed by atoms with E-state index >= 15 is 0 Å². The lowest BCUT2D eigenvalue weighted by molar-refractivity contribution is -0.304. The normalized spacial score (nSPS) is 10.2. The first-order valence-corrected chi connectivity index (χ1v) is 7.68. The molecule has 124 valence electrons. The van der Waals surface area contributed by atoms with E-state index < -0.39 is 17.9 Å². The first kappa shape index (κ1) is 17.6. The van der Waals surface area contributed by atoms with Crippen LogP contribution in [0.3, 0.4) is 0 Å². The average Bonchev–Trinajstić information content (AvgIpc) is 2.49. The van der Waals surface area contributed by atoms with E-state index in [4.69, 9.17) is 4.74 Å². The molecule has 0 bridgehead atoms. The van der Waals surface area contributed by atoms with Gasteiger partial charge in [-0.1, -0.05) is 36.0 Å². The van der Waals surface area contributed by atoms with E-state index in [9.17, 15) is 24.6 Å². The lowest BCUT2D eigenvalue weighted by atomic mass is 10.1. The Morgan fingerprint density at radius 3 is 2.38 bits per heavy atom. The molecule has 0 aliphatic carbocycles. The van der Waals surface area contributed by atoms with Gasteiger partial charge < -0.3 is 24.5 Å². The fourth-order valence-electron chi connectivity index (χ4n) is 1.99. The van der Waals surface area contributed by atoms with Crippen molar-refractivity contribution in [2.24, 2.45) is 0 Å². The summed E-state index contributed by atoms with van der Waals surface area (Å²) in [4.78, 5) is 34.0. The fourth-order valence-corrected chi connectivity index (χ4v) is 3.06. The number of hydrogen-bond acceptors (Lipinski definition) is 7. The number of aliphatic carboxylic acids is 1. The Hall–Kier alpha value is -2.80. The van der Waals surface area contributed by atoms with Gasteiger partial charge in [-0.3, -0.25) is 4.79 Å². The topological polar surface area (TPSA) is 107 Å². The summed E-state index contributed by atoms with van der Waals surface area (Å²) in [7, 11) is 0. The number of carboxylic acid groups (broad SMARTS) is 2. The van der Waals surface area contributed by atoms with Crippen molar-refractivity contribution in [3.05, 3.63) is 53.6 Å². The van der Waals surface area contributed by atoms with Crippen LogP contribution in [0.25, 0.3) is 0 Å². The van der Waals surface area contributed by atoms with E-state index in [2.05, 4.69) is 0 Å². The summed E-state index contributed by atoms with van der Waals surface area (Å²) >= 11 is 1.04. The molecule has 0 N–H and O–H groups in total. The van der Waals surface area contributed by atoms with Crippen molar-refractivity contribution in [1.29, 1.82) is 0 Å². The van der Waals surface area contributed by atoms with Gasteiger partial charge in [-0.15, -0.1) is 0 Å². The van der Waals surface area contributed by atoms with Crippen molar-refractivity contribution in [3.63, 3.8) is 0 Å². The second-order valence-corrected chi connectivity index (χ2v) is 5.89. The Kier molecular flexibility index (Phi) is 5.59. The average molecular weight is 344 g/mol. The second kappa shape index (κ2) is 7.65. The van der Waals surface area contributed by atoms with E-state index in [1.54, 1.807) is 18.2 Å². The molecule has 0 saturated carbocycles. The molecule has 0 aromatic heterocycles. The van der Waals surface area contributed by atoms with Crippen LogP contribution in [0.15, 0.2) is 52.3 Å². The SMILES string of the molecule is CC(=O)Oc1ccc(CC(=O)[O-])cc1Sc1ccccc1C(=O)[O-]. The predicted molar refractivity (Wildman–Crippen MR) is 81.4 cm³/mol. The van der Waals surface area contributed by atoms with Gasteiger partial charge in [0.2, 0.25) is 0 Å². The molecule has 0 aliphatic rings. The number of hydrogen-bond donors (Lipinski definition) is 0. The Morgan fingerprint density at radius 1 is 1.04 bits per heavy atom. The van der Waals surface area contributed by atoms with Gasteiger partial charge in [0.15, 0.2) is 0 Å². The van der Waals surface area contributed by atoms with Crippen LogP contribution >= 0.6 is 11.8 Å². The van der Waals surface area contributed by atoms with Crippen LogP contribution in [0.2, 0.25) is 0 Å².